The number of amides is 3. The summed E-state index contributed by atoms with van der Waals surface area (Å²) in [5, 5.41) is 3.13. The predicted molar refractivity (Wildman–Crippen MR) is 147 cm³/mol. The van der Waals surface area contributed by atoms with E-state index in [1.807, 2.05) is 24.3 Å². The van der Waals surface area contributed by atoms with Crippen LogP contribution < -0.4 is 10.1 Å². The van der Waals surface area contributed by atoms with Gasteiger partial charge in [-0.05, 0) is 66.8 Å². The van der Waals surface area contributed by atoms with Gasteiger partial charge in [0.05, 0.1) is 6.61 Å². The predicted octanol–water partition coefficient (Wildman–Crippen LogP) is 3.29. The van der Waals surface area contributed by atoms with Crippen molar-refractivity contribution in [1.82, 2.24) is 20.1 Å². The summed E-state index contributed by atoms with van der Waals surface area (Å²) in [7, 11) is 0. The van der Waals surface area contributed by atoms with Gasteiger partial charge >= 0.3 is 0 Å². The third kappa shape index (κ3) is 5.06. The summed E-state index contributed by atoms with van der Waals surface area (Å²) in [5.74, 6) is -0.311. The Morgan fingerprint density at radius 1 is 1.07 bits per heavy atom. The number of nitrogens with zero attached hydrogens (tertiary/aromatic N) is 3. The molecule has 1 aromatic heterocycles. The molecule has 5 heterocycles. The topological polar surface area (TPSA) is 101 Å². The Hall–Kier alpha value is -3.89. The van der Waals surface area contributed by atoms with E-state index in [1.165, 1.54) is 4.90 Å². The van der Waals surface area contributed by atoms with E-state index in [1.54, 1.807) is 18.2 Å². The molecule has 4 aliphatic rings. The molecule has 3 fully saturated rings. The van der Waals surface area contributed by atoms with Crippen molar-refractivity contribution in [2.75, 3.05) is 26.3 Å². The van der Waals surface area contributed by atoms with E-state index in [0.717, 1.165) is 48.2 Å². The van der Waals surface area contributed by atoms with E-state index < -0.39 is 11.9 Å². The van der Waals surface area contributed by atoms with Gasteiger partial charge in [-0.1, -0.05) is 6.07 Å². The first-order chi connectivity index (χ1) is 19.9. The van der Waals surface area contributed by atoms with E-state index in [9.17, 15) is 14.4 Å². The van der Waals surface area contributed by atoms with Crippen LogP contribution in [0.4, 0.5) is 4.39 Å². The number of fused-ring (bicyclic) bond motifs is 2. The van der Waals surface area contributed by atoms with Gasteiger partial charge in [-0.2, -0.15) is 0 Å². The molecule has 0 spiro atoms. The normalized spacial score (nSPS) is 24.8. The number of hydrogen-bond acceptors (Lipinski definition) is 7. The fraction of sp³-hybridized carbons (Fsp3) is 0.419. The summed E-state index contributed by atoms with van der Waals surface area (Å²) < 4.78 is 26.8. The minimum absolute atomic E-state index is 0.0282. The van der Waals surface area contributed by atoms with Crippen LogP contribution in [0.25, 0.3) is 10.9 Å². The monoisotopic (exact) mass is 558 g/mol. The molecule has 41 heavy (non-hydrogen) atoms. The molecule has 0 aliphatic carbocycles. The Balaban J connectivity index is 0.981. The summed E-state index contributed by atoms with van der Waals surface area (Å²) >= 11 is 0. The molecule has 3 aromatic rings. The van der Waals surface area contributed by atoms with Gasteiger partial charge in [-0.15, -0.1) is 0 Å². The Morgan fingerprint density at radius 2 is 1.98 bits per heavy atom. The van der Waals surface area contributed by atoms with Crippen LogP contribution in [0, 0.1) is 5.82 Å². The van der Waals surface area contributed by atoms with E-state index in [2.05, 4.69) is 15.2 Å². The number of rotatable bonds is 6. The zero-order valence-corrected chi connectivity index (χ0v) is 22.6. The number of carbonyl (C=O) groups excluding carboxylic acids is 3. The van der Waals surface area contributed by atoms with Crippen LogP contribution in [-0.4, -0.2) is 71.0 Å². The second kappa shape index (κ2) is 10.5. The molecule has 212 valence electrons. The average Bonchev–Trinajstić information content (AvgIpc) is 3.70. The van der Waals surface area contributed by atoms with Crippen molar-refractivity contribution in [3.8, 4) is 5.75 Å². The van der Waals surface area contributed by atoms with Crippen LogP contribution in [-0.2, 0) is 27.4 Å². The molecule has 3 amide bonds. The smallest absolute Gasteiger partial charge is 0.255 e. The lowest BCUT2D eigenvalue weighted by Crippen LogP contribution is -2.52. The first-order valence-corrected chi connectivity index (χ1v) is 14.2. The van der Waals surface area contributed by atoms with Gasteiger partial charge in [0.15, 0.2) is 0 Å². The summed E-state index contributed by atoms with van der Waals surface area (Å²) in [4.78, 5) is 45.2. The Morgan fingerprint density at radius 3 is 2.80 bits per heavy atom. The molecule has 10 heteroatoms. The zero-order valence-electron chi connectivity index (χ0n) is 22.6. The van der Waals surface area contributed by atoms with Crippen LogP contribution in [0.1, 0.15) is 58.8 Å². The van der Waals surface area contributed by atoms with Gasteiger partial charge in [-0.25, -0.2) is 9.37 Å². The maximum absolute atomic E-state index is 15.1. The summed E-state index contributed by atoms with van der Waals surface area (Å²) in [6, 6.07) is 12.3. The Labute approximate surface area is 236 Å². The Kier molecular flexibility index (Phi) is 6.67. The molecular formula is C31H31FN4O5. The largest absolute Gasteiger partial charge is 0.489 e. The van der Waals surface area contributed by atoms with E-state index >= 15 is 4.39 Å². The fourth-order valence-corrected chi connectivity index (χ4v) is 6.46. The lowest BCUT2D eigenvalue weighted by Gasteiger charge is -2.29. The van der Waals surface area contributed by atoms with Crippen molar-refractivity contribution in [2.45, 2.75) is 56.8 Å². The lowest BCUT2D eigenvalue weighted by molar-refractivity contribution is -0.136. The third-order valence-corrected chi connectivity index (χ3v) is 8.61. The zero-order chi connectivity index (χ0) is 28.1. The van der Waals surface area contributed by atoms with Crippen LogP contribution in [0.3, 0.4) is 0 Å². The summed E-state index contributed by atoms with van der Waals surface area (Å²) in [6.07, 6.45) is 2.28. The van der Waals surface area contributed by atoms with Crippen molar-refractivity contribution < 1.29 is 28.2 Å². The number of aromatic nitrogens is 1. The lowest BCUT2D eigenvalue weighted by atomic mass is 10.0. The number of ether oxygens (including phenoxy) is 2. The van der Waals surface area contributed by atoms with Crippen molar-refractivity contribution in [1.29, 1.82) is 0 Å². The summed E-state index contributed by atoms with van der Waals surface area (Å²) in [5.41, 5.74) is 3.58. The molecule has 0 bridgehead atoms. The van der Waals surface area contributed by atoms with Gasteiger partial charge in [0, 0.05) is 61.8 Å². The van der Waals surface area contributed by atoms with E-state index in [-0.39, 0.29) is 36.1 Å². The highest BCUT2D eigenvalue weighted by molar-refractivity contribution is 6.05. The Bertz CT molecular complexity index is 1550. The molecule has 2 aromatic carbocycles. The number of hydrogen-bond donors (Lipinski definition) is 1. The number of nitrogens with one attached hydrogen (secondary N) is 1. The quantitative estimate of drug-likeness (QED) is 0.464. The number of imide groups is 1. The minimum Gasteiger partial charge on any atom is -0.489 e. The third-order valence-electron chi connectivity index (χ3n) is 8.61. The molecule has 1 N–H and O–H groups in total. The van der Waals surface area contributed by atoms with Gasteiger partial charge in [0.25, 0.3) is 5.91 Å². The minimum atomic E-state index is -0.639. The van der Waals surface area contributed by atoms with Gasteiger partial charge in [-0.3, -0.25) is 24.6 Å². The van der Waals surface area contributed by atoms with E-state index in [0.29, 0.717) is 49.5 Å². The fourth-order valence-electron chi connectivity index (χ4n) is 6.46. The van der Waals surface area contributed by atoms with Crippen molar-refractivity contribution >= 4 is 28.6 Å². The van der Waals surface area contributed by atoms with Crippen molar-refractivity contribution in [3.05, 3.63) is 70.7 Å². The molecule has 3 saturated heterocycles. The van der Waals surface area contributed by atoms with Gasteiger partial charge in [0.1, 0.15) is 29.2 Å². The number of benzene rings is 2. The van der Waals surface area contributed by atoms with Gasteiger partial charge < -0.3 is 14.4 Å². The average molecular weight is 559 g/mol. The number of pyridine rings is 1. The second-order valence-electron chi connectivity index (χ2n) is 11.4. The molecular weight excluding hydrogens is 527 g/mol. The first-order valence-electron chi connectivity index (χ1n) is 14.2. The highest BCUT2D eigenvalue weighted by Gasteiger charge is 2.39. The number of piperidine rings is 1. The standard InChI is InChI=1S/C31H31FN4O5/c32-25-12-18(11-19-1-4-26(33-29(19)25)20-8-10-40-17-20)14-35-9-7-23(16-35)41-22-2-3-24-21(13-22)15-36(31(24)39)27-5-6-28(37)34-30(27)38/h1-4,11-13,20,23,27H,5-10,14-17H2,(H,34,37,38)/t20-,23-,27-/m0/s1. The molecule has 7 rings (SSSR count). The maximum atomic E-state index is 15.1. The highest BCUT2D eigenvalue weighted by Crippen LogP contribution is 2.32. The van der Waals surface area contributed by atoms with Gasteiger partial charge in [0.2, 0.25) is 11.8 Å². The second-order valence-corrected chi connectivity index (χ2v) is 11.4. The summed E-state index contributed by atoms with van der Waals surface area (Å²) in [6.45, 7) is 3.83. The molecule has 9 nitrogen and oxygen atoms in total. The molecule has 0 radical (unpaired) electrons. The van der Waals surface area contributed by atoms with E-state index in [4.69, 9.17) is 9.47 Å². The van der Waals surface area contributed by atoms with Crippen LogP contribution >= 0.6 is 0 Å². The van der Waals surface area contributed by atoms with Crippen LogP contribution in [0.15, 0.2) is 42.5 Å². The highest BCUT2D eigenvalue weighted by atomic mass is 19.1. The maximum Gasteiger partial charge on any atom is 0.255 e. The molecule has 3 atom stereocenters. The van der Waals surface area contributed by atoms with Crippen LogP contribution in [0.2, 0.25) is 0 Å². The number of likely N-dealkylation sites (tertiary alicyclic amines) is 1. The molecule has 0 saturated carbocycles. The number of carbonyl (C=O) groups is 3. The van der Waals surface area contributed by atoms with Crippen molar-refractivity contribution in [3.63, 3.8) is 0 Å². The van der Waals surface area contributed by atoms with Crippen LogP contribution in [0.5, 0.6) is 5.75 Å². The molecule has 0 unspecified atom stereocenters. The number of halogens is 1. The first kappa shape index (κ1) is 26.0. The van der Waals surface area contributed by atoms with Crippen molar-refractivity contribution in [2.24, 2.45) is 0 Å². The molecule has 4 aliphatic heterocycles. The SMILES string of the molecule is O=C1CC[C@H](N2Cc3cc(O[C@H]4CCN(Cc5cc(F)c6nc([C@H]7CCOC7)ccc6c5)C4)ccc3C2=O)C(=O)N1.